The predicted octanol–water partition coefficient (Wildman–Crippen LogP) is 0.608. The molecule has 1 aromatic heterocycles. The van der Waals surface area contributed by atoms with E-state index in [1.807, 2.05) is 24.3 Å². The first-order chi connectivity index (χ1) is 12.0. The van der Waals surface area contributed by atoms with Crippen LogP contribution < -0.4 is 20.7 Å². The van der Waals surface area contributed by atoms with Crippen LogP contribution in [0.2, 0.25) is 0 Å². The fourth-order valence-electron chi connectivity index (χ4n) is 3.07. The first kappa shape index (κ1) is 17.4. The Morgan fingerprint density at radius 3 is 2.68 bits per heavy atom. The van der Waals surface area contributed by atoms with E-state index in [1.165, 1.54) is 16.2 Å². The average Bonchev–Trinajstić information content (AvgIpc) is 2.92. The molecule has 4 N–H and O–H groups in total. The summed E-state index contributed by atoms with van der Waals surface area (Å²) in [6.45, 7) is 1.82. The number of thiophene rings is 1. The number of primary amides is 1. The number of carbonyl (C=O) groups is 2. The summed E-state index contributed by atoms with van der Waals surface area (Å²) in [5, 5.41) is 3.45. The Morgan fingerprint density at radius 1 is 1.32 bits per heavy atom. The summed E-state index contributed by atoms with van der Waals surface area (Å²) in [5.41, 5.74) is 7.94. The molecule has 0 spiro atoms. The minimum atomic E-state index is -0.475. The largest absolute Gasteiger partial charge is 0.497 e. The number of methoxy groups -OCH3 is 1. The van der Waals surface area contributed by atoms with E-state index >= 15 is 0 Å². The van der Waals surface area contributed by atoms with E-state index in [2.05, 4.69) is 12.4 Å². The van der Waals surface area contributed by atoms with E-state index in [1.54, 1.807) is 7.11 Å². The molecule has 1 aliphatic heterocycles. The maximum atomic E-state index is 12.4. The summed E-state index contributed by atoms with van der Waals surface area (Å²) in [6.07, 6.45) is 1.04. The van der Waals surface area contributed by atoms with Crippen molar-refractivity contribution >= 4 is 28.2 Å². The standard InChI is InChI=1S/C18H21N3O3S/c1-21-8-7-13-14(10-21)25-18(16(13)17(19)23)20-15(22)9-11-3-5-12(24-2)6-4-11/h3-6H,7-10H2,1-2H3,(H2,19,23)(H,20,22)/p+1. The van der Waals surface area contributed by atoms with Crippen molar-refractivity contribution in [3.05, 3.63) is 45.8 Å². The van der Waals surface area contributed by atoms with Gasteiger partial charge in [0, 0.05) is 6.42 Å². The molecule has 7 heteroatoms. The second-order valence-corrected chi connectivity index (χ2v) is 7.38. The van der Waals surface area contributed by atoms with E-state index < -0.39 is 5.91 Å². The van der Waals surface area contributed by atoms with Crippen LogP contribution in [0, 0.1) is 0 Å². The summed E-state index contributed by atoms with van der Waals surface area (Å²) in [4.78, 5) is 26.8. The number of hydrogen-bond donors (Lipinski definition) is 3. The molecule has 1 atom stereocenters. The predicted molar refractivity (Wildman–Crippen MR) is 97.3 cm³/mol. The van der Waals surface area contributed by atoms with Crippen LogP contribution in [0.25, 0.3) is 0 Å². The van der Waals surface area contributed by atoms with Crippen LogP contribution >= 0.6 is 11.3 Å². The first-order valence-electron chi connectivity index (χ1n) is 8.16. The summed E-state index contributed by atoms with van der Waals surface area (Å²) in [5.74, 6) is 0.112. The van der Waals surface area contributed by atoms with Gasteiger partial charge in [-0.1, -0.05) is 12.1 Å². The maximum Gasteiger partial charge on any atom is 0.252 e. The van der Waals surface area contributed by atoms with Crippen LogP contribution in [0.3, 0.4) is 0 Å². The second kappa shape index (κ2) is 7.25. The highest BCUT2D eigenvalue weighted by Crippen LogP contribution is 2.34. The van der Waals surface area contributed by atoms with E-state index in [9.17, 15) is 9.59 Å². The lowest BCUT2D eigenvalue weighted by Crippen LogP contribution is -3.08. The third-order valence-electron chi connectivity index (χ3n) is 4.38. The summed E-state index contributed by atoms with van der Waals surface area (Å²) < 4.78 is 5.11. The average molecular weight is 360 g/mol. The van der Waals surface area contributed by atoms with Crippen LogP contribution in [0.1, 0.15) is 26.4 Å². The molecular formula is C18H22N3O3S+. The van der Waals surface area contributed by atoms with Gasteiger partial charge in [-0.25, -0.2) is 0 Å². The number of fused-ring (bicyclic) bond motifs is 1. The Hall–Kier alpha value is -2.38. The van der Waals surface area contributed by atoms with Crippen LogP contribution in [-0.2, 0) is 24.2 Å². The van der Waals surface area contributed by atoms with Gasteiger partial charge >= 0.3 is 0 Å². The molecule has 0 bridgehead atoms. The molecule has 0 saturated carbocycles. The van der Waals surface area contributed by atoms with Crippen LogP contribution in [-0.4, -0.2) is 32.5 Å². The fraction of sp³-hybridized carbons (Fsp3) is 0.333. The number of rotatable bonds is 5. The number of carbonyl (C=O) groups excluding carboxylic acids is 2. The van der Waals surface area contributed by atoms with Gasteiger partial charge < -0.3 is 20.7 Å². The van der Waals surface area contributed by atoms with Gasteiger partial charge in [-0.2, -0.15) is 0 Å². The monoisotopic (exact) mass is 360 g/mol. The van der Waals surface area contributed by atoms with Crippen molar-refractivity contribution in [3.63, 3.8) is 0 Å². The van der Waals surface area contributed by atoms with Crippen molar-refractivity contribution in [3.8, 4) is 5.75 Å². The van der Waals surface area contributed by atoms with Gasteiger partial charge in [-0.15, -0.1) is 11.3 Å². The van der Waals surface area contributed by atoms with Crippen molar-refractivity contribution in [2.45, 2.75) is 19.4 Å². The summed E-state index contributed by atoms with van der Waals surface area (Å²) in [6, 6.07) is 7.34. The normalized spacial score (nSPS) is 16.2. The molecule has 2 amide bonds. The van der Waals surface area contributed by atoms with Gasteiger partial charge in [0.05, 0.1) is 37.6 Å². The van der Waals surface area contributed by atoms with E-state index in [0.29, 0.717) is 10.6 Å². The zero-order valence-electron chi connectivity index (χ0n) is 14.3. The number of nitrogens with one attached hydrogen (secondary N) is 2. The number of hydrogen-bond acceptors (Lipinski definition) is 4. The second-order valence-electron chi connectivity index (χ2n) is 6.28. The molecule has 0 saturated heterocycles. The van der Waals surface area contributed by atoms with Crippen molar-refractivity contribution in [2.75, 3.05) is 26.0 Å². The Labute approximate surface area is 150 Å². The molecule has 0 fully saturated rings. The van der Waals surface area contributed by atoms with Gasteiger partial charge in [0.25, 0.3) is 5.91 Å². The highest BCUT2D eigenvalue weighted by Gasteiger charge is 2.28. The zero-order chi connectivity index (χ0) is 18.0. The number of benzene rings is 1. The van der Waals surface area contributed by atoms with Gasteiger partial charge in [-0.3, -0.25) is 9.59 Å². The van der Waals surface area contributed by atoms with Gasteiger partial charge in [-0.05, 0) is 23.3 Å². The maximum absolute atomic E-state index is 12.4. The Balaban J connectivity index is 1.77. The molecule has 2 heterocycles. The number of likely N-dealkylation sites (N-methyl/N-ethyl adjacent to an activating group) is 1. The quantitative estimate of drug-likeness (QED) is 0.730. The molecule has 1 aliphatic rings. The number of anilines is 1. The lowest BCUT2D eigenvalue weighted by atomic mass is 10.0. The van der Waals surface area contributed by atoms with Crippen LogP contribution in [0.15, 0.2) is 24.3 Å². The number of ether oxygens (including phenoxy) is 1. The molecule has 0 aliphatic carbocycles. The van der Waals surface area contributed by atoms with Crippen molar-refractivity contribution in [1.29, 1.82) is 0 Å². The lowest BCUT2D eigenvalue weighted by Gasteiger charge is -2.19. The van der Waals surface area contributed by atoms with Crippen molar-refractivity contribution < 1.29 is 19.2 Å². The van der Waals surface area contributed by atoms with Crippen LogP contribution in [0.4, 0.5) is 5.00 Å². The minimum absolute atomic E-state index is 0.160. The van der Waals surface area contributed by atoms with E-state index in [4.69, 9.17) is 10.5 Å². The molecule has 1 unspecified atom stereocenters. The molecule has 1 aromatic carbocycles. The number of nitrogens with two attached hydrogens (primary N) is 1. The molecule has 6 nitrogen and oxygen atoms in total. The SMILES string of the molecule is COc1ccc(CC(=O)Nc2sc3c(c2C(N)=O)CC[NH+](C)C3)cc1. The first-order valence-corrected chi connectivity index (χ1v) is 8.98. The Kier molecular flexibility index (Phi) is 5.06. The molecular weight excluding hydrogens is 338 g/mol. The zero-order valence-corrected chi connectivity index (χ0v) is 15.2. The smallest absolute Gasteiger partial charge is 0.252 e. The van der Waals surface area contributed by atoms with E-state index in [0.717, 1.165) is 41.3 Å². The Morgan fingerprint density at radius 2 is 2.04 bits per heavy atom. The third-order valence-corrected chi connectivity index (χ3v) is 5.53. The van der Waals surface area contributed by atoms with Crippen LogP contribution in [0.5, 0.6) is 5.75 Å². The molecule has 25 heavy (non-hydrogen) atoms. The minimum Gasteiger partial charge on any atom is -0.497 e. The molecule has 0 radical (unpaired) electrons. The Bertz CT molecular complexity index is 799. The van der Waals surface area contributed by atoms with Gasteiger partial charge in [0.2, 0.25) is 5.91 Å². The molecule has 132 valence electrons. The van der Waals surface area contributed by atoms with E-state index in [-0.39, 0.29) is 12.3 Å². The summed E-state index contributed by atoms with van der Waals surface area (Å²) >= 11 is 1.47. The highest BCUT2D eigenvalue weighted by molar-refractivity contribution is 7.17. The fourth-order valence-corrected chi connectivity index (χ4v) is 4.45. The number of quaternary nitrogens is 1. The highest BCUT2D eigenvalue weighted by atomic mass is 32.1. The van der Waals surface area contributed by atoms with Crippen molar-refractivity contribution in [1.82, 2.24) is 0 Å². The van der Waals surface area contributed by atoms with Crippen molar-refractivity contribution in [2.24, 2.45) is 5.73 Å². The lowest BCUT2D eigenvalue weighted by molar-refractivity contribution is -0.895. The molecule has 2 aromatic rings. The molecule has 3 rings (SSSR count). The van der Waals surface area contributed by atoms with Gasteiger partial charge in [0.15, 0.2) is 0 Å². The topological polar surface area (TPSA) is 85.9 Å². The summed E-state index contributed by atoms with van der Waals surface area (Å²) in [7, 11) is 3.72. The number of amides is 2. The third kappa shape index (κ3) is 3.83. The van der Waals surface area contributed by atoms with Gasteiger partial charge in [0.1, 0.15) is 17.3 Å².